The van der Waals surface area contributed by atoms with E-state index in [4.69, 9.17) is 27.3 Å². The van der Waals surface area contributed by atoms with Gasteiger partial charge >= 0.3 is 0 Å². The van der Waals surface area contributed by atoms with Crippen molar-refractivity contribution in [2.75, 3.05) is 5.73 Å². The molecule has 5 heteroatoms. The van der Waals surface area contributed by atoms with Gasteiger partial charge in [0.05, 0.1) is 21.9 Å². The summed E-state index contributed by atoms with van der Waals surface area (Å²) >= 11 is 6.63. The van der Waals surface area contributed by atoms with E-state index in [1.54, 1.807) is 6.20 Å². The van der Waals surface area contributed by atoms with Crippen LogP contribution in [0.3, 0.4) is 0 Å². The Hall–Kier alpha value is -4.28. The number of aromatic nitrogens is 3. The van der Waals surface area contributed by atoms with E-state index in [0.29, 0.717) is 22.2 Å². The monoisotopic (exact) mass is 458 g/mol. The van der Waals surface area contributed by atoms with E-state index in [2.05, 4.69) is 29.2 Å². The molecule has 34 heavy (non-hydrogen) atoms. The van der Waals surface area contributed by atoms with Gasteiger partial charge < -0.3 is 5.73 Å². The minimum absolute atomic E-state index is 0.381. The first-order valence-electron chi connectivity index (χ1n) is 10.9. The van der Waals surface area contributed by atoms with E-state index in [0.717, 1.165) is 44.1 Å². The van der Waals surface area contributed by atoms with Crippen LogP contribution in [0.15, 0.2) is 103 Å². The lowest BCUT2D eigenvalue weighted by molar-refractivity contribution is 1.22. The molecule has 0 aliphatic heterocycles. The number of halogens is 1. The van der Waals surface area contributed by atoms with E-state index in [1.165, 1.54) is 0 Å². The minimum atomic E-state index is 0.381. The van der Waals surface area contributed by atoms with Crippen LogP contribution in [0.2, 0.25) is 5.02 Å². The predicted octanol–water partition coefficient (Wildman–Crippen LogP) is 7.41. The van der Waals surface area contributed by atoms with Gasteiger partial charge in [0.1, 0.15) is 5.69 Å². The molecule has 0 saturated carbocycles. The molecule has 0 atom stereocenters. The highest BCUT2D eigenvalue weighted by Crippen LogP contribution is 2.37. The Labute approximate surface area is 201 Å². The summed E-state index contributed by atoms with van der Waals surface area (Å²) < 4.78 is 0. The van der Waals surface area contributed by atoms with E-state index in [1.807, 2.05) is 72.8 Å². The van der Waals surface area contributed by atoms with E-state index in [-0.39, 0.29) is 0 Å². The van der Waals surface area contributed by atoms with Crippen LogP contribution >= 0.6 is 11.6 Å². The summed E-state index contributed by atoms with van der Waals surface area (Å²) in [6.07, 6.45) is 1.74. The summed E-state index contributed by atoms with van der Waals surface area (Å²) in [6.45, 7) is 0. The summed E-state index contributed by atoms with van der Waals surface area (Å²) in [5, 5.41) is 3.79. The van der Waals surface area contributed by atoms with Gasteiger partial charge in [-0.3, -0.25) is 4.98 Å². The van der Waals surface area contributed by atoms with Crippen molar-refractivity contribution in [1.82, 2.24) is 15.0 Å². The zero-order valence-electron chi connectivity index (χ0n) is 18.1. The molecule has 4 aromatic carbocycles. The van der Waals surface area contributed by atoms with Crippen LogP contribution in [-0.4, -0.2) is 15.0 Å². The van der Waals surface area contributed by atoms with Gasteiger partial charge in [-0.25, -0.2) is 9.97 Å². The second-order valence-electron chi connectivity index (χ2n) is 8.12. The second kappa shape index (κ2) is 8.25. The number of nitrogens with two attached hydrogens (primary N) is 1. The van der Waals surface area contributed by atoms with Crippen LogP contribution in [0.25, 0.3) is 55.4 Å². The normalized spacial score (nSPS) is 11.2. The maximum absolute atomic E-state index is 6.63. The Kier molecular flexibility index (Phi) is 4.93. The molecule has 4 nitrogen and oxygen atoms in total. The molecule has 2 N–H and O–H groups in total. The Bertz CT molecular complexity index is 1680. The Balaban J connectivity index is 1.62. The van der Waals surface area contributed by atoms with Gasteiger partial charge in [-0.2, -0.15) is 0 Å². The number of nitrogen functional groups attached to an aromatic ring is 1. The number of anilines is 1. The first kappa shape index (κ1) is 20.3. The first-order valence-corrected chi connectivity index (χ1v) is 11.3. The number of benzene rings is 4. The van der Waals surface area contributed by atoms with Crippen molar-refractivity contribution in [2.24, 2.45) is 0 Å². The van der Waals surface area contributed by atoms with Crippen molar-refractivity contribution in [3.8, 4) is 33.8 Å². The summed E-state index contributed by atoms with van der Waals surface area (Å²) in [5.41, 5.74) is 12.0. The highest BCUT2D eigenvalue weighted by molar-refractivity contribution is 6.35. The molecule has 0 bridgehead atoms. The quantitative estimate of drug-likeness (QED) is 0.299. The molecular formula is C29H19ClN4. The maximum Gasteiger partial charge on any atom is 0.150 e. The standard InChI is InChI=1S/C29H19ClN4/c30-24-17-23(16-21-11-6-14-32-25(21)24)27-26(19-8-2-1-3-9-19)34-29(31)28(33-27)22-13-12-18-7-4-5-10-20(18)15-22/h1-17H,(H2,31,34). The van der Waals surface area contributed by atoms with Crippen LogP contribution in [0.1, 0.15) is 0 Å². The van der Waals surface area contributed by atoms with Gasteiger partial charge in [-0.05, 0) is 35.0 Å². The van der Waals surface area contributed by atoms with Crippen molar-refractivity contribution < 1.29 is 0 Å². The van der Waals surface area contributed by atoms with Crippen molar-refractivity contribution in [3.63, 3.8) is 0 Å². The number of pyridine rings is 1. The topological polar surface area (TPSA) is 64.7 Å². The minimum Gasteiger partial charge on any atom is -0.382 e. The first-order chi connectivity index (χ1) is 16.7. The van der Waals surface area contributed by atoms with Gasteiger partial charge in [-0.1, -0.05) is 84.4 Å². The zero-order chi connectivity index (χ0) is 23.1. The number of fused-ring (bicyclic) bond motifs is 2. The molecule has 0 spiro atoms. The van der Waals surface area contributed by atoms with Crippen molar-refractivity contribution in [2.45, 2.75) is 0 Å². The third-order valence-electron chi connectivity index (χ3n) is 5.92. The molecule has 0 unspecified atom stereocenters. The summed E-state index contributed by atoms with van der Waals surface area (Å²) in [6, 6.07) is 32.2. The molecule has 162 valence electrons. The third-order valence-corrected chi connectivity index (χ3v) is 6.21. The molecule has 0 aliphatic rings. The molecule has 0 fully saturated rings. The van der Waals surface area contributed by atoms with Crippen molar-refractivity contribution in [3.05, 3.63) is 108 Å². The lowest BCUT2D eigenvalue weighted by atomic mass is 10.0. The Morgan fingerprint density at radius 2 is 1.26 bits per heavy atom. The molecule has 0 aliphatic carbocycles. The SMILES string of the molecule is Nc1nc(-c2ccccc2)c(-c2cc(Cl)c3ncccc3c2)nc1-c1ccc2ccccc2c1. The van der Waals surface area contributed by atoms with Crippen molar-refractivity contribution in [1.29, 1.82) is 0 Å². The highest BCUT2D eigenvalue weighted by atomic mass is 35.5. The fraction of sp³-hybridized carbons (Fsp3) is 0. The molecule has 0 saturated heterocycles. The van der Waals surface area contributed by atoms with Gasteiger partial charge in [-0.15, -0.1) is 0 Å². The van der Waals surface area contributed by atoms with Gasteiger partial charge in [0.2, 0.25) is 0 Å². The number of hydrogen-bond donors (Lipinski definition) is 1. The van der Waals surface area contributed by atoms with Crippen LogP contribution in [0.4, 0.5) is 5.82 Å². The third kappa shape index (κ3) is 3.54. The molecule has 6 rings (SSSR count). The van der Waals surface area contributed by atoms with E-state index < -0.39 is 0 Å². The Morgan fingerprint density at radius 3 is 2.12 bits per heavy atom. The smallest absolute Gasteiger partial charge is 0.150 e. The molecule has 6 aromatic rings. The van der Waals surface area contributed by atoms with Gasteiger partial charge in [0.15, 0.2) is 5.82 Å². The van der Waals surface area contributed by atoms with Crippen LogP contribution < -0.4 is 5.73 Å². The van der Waals surface area contributed by atoms with Crippen molar-refractivity contribution >= 4 is 39.1 Å². The number of nitrogens with zero attached hydrogens (tertiary/aromatic N) is 3. The molecule has 0 amide bonds. The largest absolute Gasteiger partial charge is 0.382 e. The molecular weight excluding hydrogens is 440 g/mol. The van der Waals surface area contributed by atoms with Crippen LogP contribution in [0.5, 0.6) is 0 Å². The lowest BCUT2D eigenvalue weighted by Crippen LogP contribution is -2.03. The molecule has 0 radical (unpaired) electrons. The lowest BCUT2D eigenvalue weighted by Gasteiger charge is -2.14. The van der Waals surface area contributed by atoms with Crippen LogP contribution in [0, 0.1) is 0 Å². The fourth-order valence-corrected chi connectivity index (χ4v) is 4.56. The number of rotatable bonds is 3. The molecule has 2 aromatic heterocycles. The zero-order valence-corrected chi connectivity index (χ0v) is 18.9. The molecule has 2 heterocycles. The Morgan fingerprint density at radius 1 is 0.559 bits per heavy atom. The second-order valence-corrected chi connectivity index (χ2v) is 8.52. The summed E-state index contributed by atoms with van der Waals surface area (Å²) in [5.74, 6) is 0.381. The number of hydrogen-bond acceptors (Lipinski definition) is 4. The maximum atomic E-state index is 6.63. The van der Waals surface area contributed by atoms with E-state index >= 15 is 0 Å². The van der Waals surface area contributed by atoms with Gasteiger partial charge in [0, 0.05) is 28.3 Å². The fourth-order valence-electron chi connectivity index (χ4n) is 4.28. The van der Waals surface area contributed by atoms with Crippen LogP contribution in [-0.2, 0) is 0 Å². The summed E-state index contributed by atoms with van der Waals surface area (Å²) in [7, 11) is 0. The highest BCUT2D eigenvalue weighted by Gasteiger charge is 2.18. The van der Waals surface area contributed by atoms with Gasteiger partial charge in [0.25, 0.3) is 0 Å². The predicted molar refractivity (Wildman–Crippen MR) is 141 cm³/mol. The average molecular weight is 459 g/mol. The van der Waals surface area contributed by atoms with E-state index in [9.17, 15) is 0 Å². The summed E-state index contributed by atoms with van der Waals surface area (Å²) in [4.78, 5) is 14.3. The average Bonchev–Trinajstić information content (AvgIpc) is 2.89.